The van der Waals surface area contributed by atoms with Crippen LogP contribution in [-0.2, 0) is 4.79 Å². The van der Waals surface area contributed by atoms with Crippen LogP contribution in [0.25, 0.3) is 16.8 Å². The van der Waals surface area contributed by atoms with Crippen molar-refractivity contribution in [3.8, 4) is 11.3 Å². The number of imidazole rings is 1. The Balaban J connectivity index is 1.44. The van der Waals surface area contributed by atoms with E-state index in [1.54, 1.807) is 6.20 Å². The molecule has 0 spiro atoms. The summed E-state index contributed by atoms with van der Waals surface area (Å²) in [5, 5.41) is 5.97. The number of benzene rings is 1. The molecule has 0 saturated heterocycles. The standard InChI is InChI=1S/C19H16N4OS2/c1-13(26-19-20-11-15-9-5-6-10-23(15)19)17(24)22-18-21-16(12-25-18)14-7-3-2-4-8-14/h2-13H,1H3,(H,21,22,24). The second-order valence-electron chi connectivity index (χ2n) is 5.69. The summed E-state index contributed by atoms with van der Waals surface area (Å²) in [7, 11) is 0. The number of carbonyl (C=O) groups is 1. The maximum atomic E-state index is 12.5. The Morgan fingerprint density at radius 2 is 2.00 bits per heavy atom. The van der Waals surface area contributed by atoms with Gasteiger partial charge in [0.05, 0.1) is 22.7 Å². The molecule has 1 N–H and O–H groups in total. The van der Waals surface area contributed by atoms with Crippen LogP contribution < -0.4 is 5.32 Å². The fraction of sp³-hybridized carbons (Fsp3) is 0.105. The van der Waals surface area contributed by atoms with Crippen LogP contribution in [0.4, 0.5) is 5.13 Å². The highest BCUT2D eigenvalue weighted by Gasteiger charge is 2.18. The predicted octanol–water partition coefficient (Wildman–Crippen LogP) is 4.58. The van der Waals surface area contributed by atoms with E-state index < -0.39 is 0 Å². The minimum atomic E-state index is -0.287. The van der Waals surface area contributed by atoms with Crippen LogP contribution in [0.3, 0.4) is 0 Å². The fourth-order valence-corrected chi connectivity index (χ4v) is 4.10. The van der Waals surface area contributed by atoms with Crippen LogP contribution in [0.15, 0.2) is 71.5 Å². The quantitative estimate of drug-likeness (QED) is 0.515. The summed E-state index contributed by atoms with van der Waals surface area (Å²) in [6, 6.07) is 15.8. The van der Waals surface area contributed by atoms with Gasteiger partial charge in [0.2, 0.25) is 5.91 Å². The highest BCUT2D eigenvalue weighted by Crippen LogP contribution is 2.27. The van der Waals surface area contributed by atoms with E-state index in [0.29, 0.717) is 5.13 Å². The first-order valence-corrected chi connectivity index (χ1v) is 9.87. The molecule has 26 heavy (non-hydrogen) atoms. The summed E-state index contributed by atoms with van der Waals surface area (Å²) >= 11 is 2.85. The van der Waals surface area contributed by atoms with Crippen molar-refractivity contribution in [2.75, 3.05) is 5.32 Å². The number of thiazole rings is 1. The molecule has 0 aliphatic heterocycles. The van der Waals surface area contributed by atoms with Crippen molar-refractivity contribution in [2.45, 2.75) is 17.3 Å². The number of anilines is 1. The van der Waals surface area contributed by atoms with Gasteiger partial charge >= 0.3 is 0 Å². The van der Waals surface area contributed by atoms with Crippen LogP contribution in [0.1, 0.15) is 6.92 Å². The maximum absolute atomic E-state index is 12.5. The molecular weight excluding hydrogens is 364 g/mol. The Labute approximate surface area is 159 Å². The molecule has 0 bridgehead atoms. The summed E-state index contributed by atoms with van der Waals surface area (Å²) < 4.78 is 1.98. The number of amides is 1. The van der Waals surface area contributed by atoms with Crippen molar-refractivity contribution in [1.82, 2.24) is 14.4 Å². The fourth-order valence-electron chi connectivity index (χ4n) is 2.50. The molecule has 1 atom stereocenters. The first-order chi connectivity index (χ1) is 12.7. The minimum Gasteiger partial charge on any atom is -0.301 e. The lowest BCUT2D eigenvalue weighted by Crippen LogP contribution is -2.22. The third kappa shape index (κ3) is 3.49. The summed E-state index contributed by atoms with van der Waals surface area (Å²) in [6.07, 6.45) is 3.75. The summed E-state index contributed by atoms with van der Waals surface area (Å²) in [5.41, 5.74) is 2.91. The van der Waals surface area contributed by atoms with Crippen LogP contribution >= 0.6 is 23.1 Å². The average molecular weight is 380 g/mol. The molecule has 0 saturated carbocycles. The first kappa shape index (κ1) is 16.8. The van der Waals surface area contributed by atoms with E-state index in [1.165, 1.54) is 23.1 Å². The smallest absolute Gasteiger partial charge is 0.239 e. The second kappa shape index (κ2) is 7.31. The van der Waals surface area contributed by atoms with E-state index in [1.807, 2.05) is 71.4 Å². The van der Waals surface area contributed by atoms with Crippen molar-refractivity contribution in [3.05, 3.63) is 66.3 Å². The molecule has 1 aromatic carbocycles. The van der Waals surface area contributed by atoms with Crippen LogP contribution in [-0.4, -0.2) is 25.5 Å². The lowest BCUT2D eigenvalue weighted by Gasteiger charge is -2.09. The molecule has 130 valence electrons. The molecule has 1 amide bonds. The minimum absolute atomic E-state index is 0.0864. The molecule has 0 aliphatic carbocycles. The van der Waals surface area contributed by atoms with E-state index in [9.17, 15) is 4.79 Å². The topological polar surface area (TPSA) is 59.3 Å². The monoisotopic (exact) mass is 380 g/mol. The van der Waals surface area contributed by atoms with Gasteiger partial charge in [-0.05, 0) is 19.1 Å². The van der Waals surface area contributed by atoms with Gasteiger partial charge in [0.15, 0.2) is 10.3 Å². The highest BCUT2D eigenvalue weighted by molar-refractivity contribution is 8.00. The largest absolute Gasteiger partial charge is 0.301 e. The SMILES string of the molecule is CC(Sc1ncc2ccccn12)C(=O)Nc1nc(-c2ccccc2)cs1. The van der Waals surface area contributed by atoms with Crippen molar-refractivity contribution in [2.24, 2.45) is 0 Å². The zero-order chi connectivity index (χ0) is 17.9. The molecular formula is C19H16N4OS2. The predicted molar refractivity (Wildman–Crippen MR) is 107 cm³/mol. The number of fused-ring (bicyclic) bond motifs is 1. The molecule has 5 nitrogen and oxygen atoms in total. The van der Waals surface area contributed by atoms with Gasteiger partial charge in [-0.3, -0.25) is 9.20 Å². The van der Waals surface area contributed by atoms with Gasteiger partial charge in [-0.15, -0.1) is 11.3 Å². The number of hydrogen-bond donors (Lipinski definition) is 1. The van der Waals surface area contributed by atoms with Crippen molar-refractivity contribution in [1.29, 1.82) is 0 Å². The highest BCUT2D eigenvalue weighted by atomic mass is 32.2. The Bertz CT molecular complexity index is 1040. The van der Waals surface area contributed by atoms with Crippen molar-refractivity contribution >= 4 is 39.7 Å². The summed E-state index contributed by atoms with van der Waals surface area (Å²) in [4.78, 5) is 21.4. The Morgan fingerprint density at radius 3 is 2.85 bits per heavy atom. The molecule has 0 radical (unpaired) electrons. The van der Waals surface area contributed by atoms with Gasteiger partial charge in [0, 0.05) is 17.1 Å². The lowest BCUT2D eigenvalue weighted by atomic mass is 10.2. The van der Waals surface area contributed by atoms with Gasteiger partial charge < -0.3 is 5.32 Å². The summed E-state index contributed by atoms with van der Waals surface area (Å²) in [6.45, 7) is 1.87. The van der Waals surface area contributed by atoms with Gasteiger partial charge in [-0.1, -0.05) is 48.2 Å². The second-order valence-corrected chi connectivity index (χ2v) is 7.86. The van der Waals surface area contributed by atoms with Crippen LogP contribution in [0, 0.1) is 0 Å². The number of nitrogens with one attached hydrogen (secondary N) is 1. The number of hydrogen-bond acceptors (Lipinski definition) is 5. The zero-order valence-corrected chi connectivity index (χ0v) is 15.6. The van der Waals surface area contributed by atoms with E-state index in [4.69, 9.17) is 0 Å². The number of carbonyl (C=O) groups excluding carboxylic acids is 1. The third-order valence-electron chi connectivity index (χ3n) is 3.86. The Morgan fingerprint density at radius 1 is 1.19 bits per heavy atom. The Hall–Kier alpha value is -2.64. The molecule has 4 aromatic rings. The van der Waals surface area contributed by atoms with Gasteiger partial charge in [0.25, 0.3) is 0 Å². The maximum Gasteiger partial charge on any atom is 0.239 e. The molecule has 0 aliphatic rings. The molecule has 3 aromatic heterocycles. The van der Waals surface area contributed by atoms with E-state index in [2.05, 4.69) is 15.3 Å². The van der Waals surface area contributed by atoms with E-state index in [-0.39, 0.29) is 11.2 Å². The van der Waals surface area contributed by atoms with Crippen molar-refractivity contribution in [3.63, 3.8) is 0 Å². The number of rotatable bonds is 5. The molecule has 7 heteroatoms. The third-order valence-corrected chi connectivity index (χ3v) is 5.70. The van der Waals surface area contributed by atoms with Crippen LogP contribution in [0.5, 0.6) is 0 Å². The number of aromatic nitrogens is 3. The normalized spacial score (nSPS) is 12.2. The molecule has 0 fully saturated rings. The number of thioether (sulfide) groups is 1. The van der Waals surface area contributed by atoms with Crippen molar-refractivity contribution < 1.29 is 4.79 Å². The summed E-state index contributed by atoms with van der Waals surface area (Å²) in [5.74, 6) is -0.0864. The zero-order valence-electron chi connectivity index (χ0n) is 14.0. The molecule has 4 rings (SSSR count). The van der Waals surface area contributed by atoms with Gasteiger partial charge in [0.1, 0.15) is 0 Å². The lowest BCUT2D eigenvalue weighted by molar-refractivity contribution is -0.115. The number of pyridine rings is 1. The molecule has 3 heterocycles. The Kier molecular flexibility index (Phi) is 4.73. The first-order valence-electron chi connectivity index (χ1n) is 8.11. The van der Waals surface area contributed by atoms with E-state index in [0.717, 1.165) is 21.9 Å². The number of nitrogens with zero attached hydrogens (tertiary/aromatic N) is 3. The van der Waals surface area contributed by atoms with Gasteiger partial charge in [-0.2, -0.15) is 0 Å². The average Bonchev–Trinajstić information content (AvgIpc) is 3.30. The van der Waals surface area contributed by atoms with E-state index >= 15 is 0 Å². The molecule has 1 unspecified atom stereocenters. The van der Waals surface area contributed by atoms with Gasteiger partial charge in [-0.25, -0.2) is 9.97 Å². The van der Waals surface area contributed by atoms with Crippen LogP contribution in [0.2, 0.25) is 0 Å².